The molecule has 1 aromatic heterocycles. The Hall–Kier alpha value is -2.08. The lowest BCUT2D eigenvalue weighted by Gasteiger charge is -2.11. The van der Waals surface area contributed by atoms with E-state index >= 15 is 0 Å². The molecule has 0 saturated heterocycles. The highest BCUT2D eigenvalue weighted by atomic mass is 35.5. The molecule has 1 aliphatic rings. The second-order valence-electron chi connectivity index (χ2n) is 6.03. The van der Waals surface area contributed by atoms with Crippen LogP contribution in [-0.4, -0.2) is 21.5 Å². The van der Waals surface area contributed by atoms with Gasteiger partial charge >= 0.3 is 0 Å². The van der Waals surface area contributed by atoms with E-state index in [1.165, 1.54) is 5.56 Å². The number of nitroso groups, excluding NO2 is 1. The molecule has 130 valence electrons. The summed E-state index contributed by atoms with van der Waals surface area (Å²) in [5.74, 6) is -0.176. The number of aromatic nitrogens is 1. The minimum atomic E-state index is -0.176. The maximum absolute atomic E-state index is 11.2. The van der Waals surface area contributed by atoms with E-state index in [1.54, 1.807) is 0 Å². The van der Waals surface area contributed by atoms with Crippen LogP contribution in [0.15, 0.2) is 35.5 Å². The van der Waals surface area contributed by atoms with Gasteiger partial charge in [0.05, 0.1) is 5.52 Å². The number of hydrogen-bond acceptors (Lipinski definition) is 4. The van der Waals surface area contributed by atoms with Crippen LogP contribution in [-0.2, 0) is 13.1 Å². The van der Waals surface area contributed by atoms with Crippen LogP contribution in [0.5, 0.6) is 5.88 Å². The maximum Gasteiger partial charge on any atom is 0.219 e. The molecule has 3 aromatic rings. The number of aromatic amines is 1. The highest BCUT2D eigenvalue weighted by molar-refractivity contribution is 6.30. The van der Waals surface area contributed by atoms with E-state index in [1.807, 2.05) is 30.3 Å². The molecule has 0 unspecified atom stereocenters. The zero-order chi connectivity index (χ0) is 16.8. The summed E-state index contributed by atoms with van der Waals surface area (Å²) in [6.07, 6.45) is 0. The van der Waals surface area contributed by atoms with E-state index in [0.717, 1.165) is 41.8 Å². The number of nitrogens with one attached hydrogen (secondary N) is 1. The van der Waals surface area contributed by atoms with Crippen LogP contribution in [0.3, 0.4) is 0 Å². The van der Waals surface area contributed by atoms with Gasteiger partial charge in [-0.05, 0) is 52.2 Å². The Labute approximate surface area is 156 Å². The molecule has 0 saturated carbocycles. The molecular formula is C18H17Cl2N3O2. The average molecular weight is 378 g/mol. The van der Waals surface area contributed by atoms with Gasteiger partial charge in [0.2, 0.25) is 5.88 Å². The van der Waals surface area contributed by atoms with Crippen molar-refractivity contribution in [3.05, 3.63) is 51.4 Å². The highest BCUT2D eigenvalue weighted by Crippen LogP contribution is 2.44. The van der Waals surface area contributed by atoms with Gasteiger partial charge in [0.1, 0.15) is 0 Å². The Kier molecular flexibility index (Phi) is 4.73. The zero-order valence-electron chi connectivity index (χ0n) is 13.5. The first-order valence-electron chi connectivity index (χ1n) is 7.83. The third kappa shape index (κ3) is 2.78. The largest absolute Gasteiger partial charge is 0.493 e. The lowest BCUT2D eigenvalue weighted by molar-refractivity contribution is 0.301. The van der Waals surface area contributed by atoms with Gasteiger partial charge in [0.15, 0.2) is 5.69 Å². The Morgan fingerprint density at radius 3 is 2.56 bits per heavy atom. The smallest absolute Gasteiger partial charge is 0.219 e. The molecule has 0 aliphatic carbocycles. The second kappa shape index (κ2) is 6.67. The van der Waals surface area contributed by atoms with Crippen molar-refractivity contribution in [2.75, 3.05) is 6.54 Å². The van der Waals surface area contributed by atoms with E-state index in [-0.39, 0.29) is 24.0 Å². The summed E-state index contributed by atoms with van der Waals surface area (Å²) >= 11 is 6.01. The minimum absolute atomic E-state index is 0. The Balaban J connectivity index is 0.00000182. The van der Waals surface area contributed by atoms with Crippen LogP contribution in [0.1, 0.15) is 18.1 Å². The quantitative estimate of drug-likeness (QED) is 0.604. The van der Waals surface area contributed by atoms with Crippen molar-refractivity contribution in [1.82, 2.24) is 9.88 Å². The summed E-state index contributed by atoms with van der Waals surface area (Å²) in [5, 5.41) is 14.4. The van der Waals surface area contributed by atoms with Gasteiger partial charge in [-0.15, -0.1) is 17.3 Å². The SMILES string of the molecule is CCN1Cc2c(-c3ccc(Cl)cc3)cc3c(N=O)c(O)[nH]c3c2C1.Cl. The normalized spacial score (nSPS) is 13.7. The summed E-state index contributed by atoms with van der Waals surface area (Å²) in [5.41, 5.74) is 5.28. The van der Waals surface area contributed by atoms with Crippen molar-refractivity contribution < 1.29 is 5.11 Å². The lowest BCUT2D eigenvalue weighted by Crippen LogP contribution is -2.14. The number of aromatic hydroxyl groups is 1. The van der Waals surface area contributed by atoms with Crippen molar-refractivity contribution in [3.8, 4) is 17.0 Å². The summed E-state index contributed by atoms with van der Waals surface area (Å²) in [6, 6.07) is 9.59. The van der Waals surface area contributed by atoms with Gasteiger partial charge in [-0.1, -0.05) is 30.7 Å². The molecule has 7 heteroatoms. The number of hydrogen-bond donors (Lipinski definition) is 2. The lowest BCUT2D eigenvalue weighted by atomic mass is 9.94. The maximum atomic E-state index is 11.2. The molecule has 25 heavy (non-hydrogen) atoms. The van der Waals surface area contributed by atoms with Crippen LogP contribution in [0.4, 0.5) is 5.69 Å². The summed E-state index contributed by atoms with van der Waals surface area (Å²) in [4.78, 5) is 16.4. The van der Waals surface area contributed by atoms with E-state index in [9.17, 15) is 10.0 Å². The van der Waals surface area contributed by atoms with Crippen molar-refractivity contribution in [1.29, 1.82) is 0 Å². The van der Waals surface area contributed by atoms with E-state index < -0.39 is 0 Å². The molecule has 2 aromatic carbocycles. The van der Waals surface area contributed by atoms with Crippen LogP contribution in [0.25, 0.3) is 22.0 Å². The Bertz CT molecular complexity index is 951. The average Bonchev–Trinajstić information content (AvgIpc) is 3.15. The highest BCUT2D eigenvalue weighted by Gasteiger charge is 2.27. The predicted molar refractivity (Wildman–Crippen MR) is 103 cm³/mol. The fourth-order valence-electron chi connectivity index (χ4n) is 3.48. The molecular weight excluding hydrogens is 361 g/mol. The van der Waals surface area contributed by atoms with E-state index in [0.29, 0.717) is 10.4 Å². The Morgan fingerprint density at radius 2 is 1.92 bits per heavy atom. The predicted octanol–water partition coefficient (Wildman–Crippen LogP) is 5.35. The van der Waals surface area contributed by atoms with E-state index in [2.05, 4.69) is 22.0 Å². The van der Waals surface area contributed by atoms with Gasteiger partial charge in [0.25, 0.3) is 0 Å². The third-order valence-corrected chi connectivity index (χ3v) is 4.98. The number of H-pyrrole nitrogens is 1. The zero-order valence-corrected chi connectivity index (χ0v) is 15.1. The monoisotopic (exact) mass is 377 g/mol. The molecule has 0 fully saturated rings. The van der Waals surface area contributed by atoms with Crippen LogP contribution >= 0.6 is 24.0 Å². The van der Waals surface area contributed by atoms with Gasteiger partial charge < -0.3 is 10.1 Å². The minimum Gasteiger partial charge on any atom is -0.493 e. The second-order valence-corrected chi connectivity index (χ2v) is 6.46. The fourth-order valence-corrected chi connectivity index (χ4v) is 3.60. The number of nitrogens with zero attached hydrogens (tertiary/aromatic N) is 2. The van der Waals surface area contributed by atoms with E-state index in [4.69, 9.17) is 11.6 Å². The number of fused-ring (bicyclic) bond motifs is 3. The van der Waals surface area contributed by atoms with Crippen molar-refractivity contribution >= 4 is 40.6 Å². The van der Waals surface area contributed by atoms with Crippen LogP contribution < -0.4 is 0 Å². The standard InChI is InChI=1S/C18H16ClN3O2.ClH/c1-2-22-8-14-12(10-3-5-11(19)6-4-10)7-13-16(15(14)9-22)20-18(23)17(13)21-24;/h3-7,20,23H,2,8-9H2,1H3;1H. The molecule has 0 bridgehead atoms. The molecule has 0 spiro atoms. The summed E-state index contributed by atoms with van der Waals surface area (Å²) in [6.45, 7) is 4.67. The van der Waals surface area contributed by atoms with Crippen molar-refractivity contribution in [3.63, 3.8) is 0 Å². The number of rotatable bonds is 3. The molecule has 0 atom stereocenters. The van der Waals surface area contributed by atoms with Crippen molar-refractivity contribution in [2.24, 2.45) is 5.18 Å². The number of benzene rings is 2. The summed E-state index contributed by atoms with van der Waals surface area (Å²) < 4.78 is 0. The molecule has 5 nitrogen and oxygen atoms in total. The molecule has 4 rings (SSSR count). The Morgan fingerprint density at radius 1 is 1.24 bits per heavy atom. The summed E-state index contributed by atoms with van der Waals surface area (Å²) in [7, 11) is 0. The van der Waals surface area contributed by atoms with Gasteiger partial charge in [-0.3, -0.25) is 4.90 Å². The van der Waals surface area contributed by atoms with Gasteiger partial charge in [-0.2, -0.15) is 0 Å². The topological polar surface area (TPSA) is 68.7 Å². The van der Waals surface area contributed by atoms with Crippen LogP contribution in [0.2, 0.25) is 5.02 Å². The van der Waals surface area contributed by atoms with Gasteiger partial charge in [-0.25, -0.2) is 0 Å². The fraction of sp³-hybridized carbons (Fsp3) is 0.222. The third-order valence-electron chi connectivity index (χ3n) is 4.73. The molecule has 2 N–H and O–H groups in total. The molecule has 2 heterocycles. The molecule has 0 radical (unpaired) electrons. The van der Waals surface area contributed by atoms with Gasteiger partial charge in [0, 0.05) is 23.5 Å². The first kappa shape index (κ1) is 17.7. The number of halogens is 2. The molecule has 0 amide bonds. The van der Waals surface area contributed by atoms with Crippen molar-refractivity contribution in [2.45, 2.75) is 20.0 Å². The first-order valence-corrected chi connectivity index (χ1v) is 8.21. The molecule has 1 aliphatic heterocycles. The first-order chi connectivity index (χ1) is 11.6. The van der Waals surface area contributed by atoms with Crippen LogP contribution in [0, 0.1) is 4.91 Å².